The highest BCUT2D eigenvalue weighted by Crippen LogP contribution is 2.10. The van der Waals surface area contributed by atoms with Crippen LogP contribution in [-0.4, -0.2) is 18.0 Å². The van der Waals surface area contributed by atoms with Crippen molar-refractivity contribution in [3.8, 4) is 0 Å². The van der Waals surface area contributed by atoms with Crippen molar-refractivity contribution in [1.82, 2.24) is 10.6 Å². The molecule has 0 aromatic heterocycles. The van der Waals surface area contributed by atoms with E-state index in [9.17, 15) is 9.59 Å². The summed E-state index contributed by atoms with van der Waals surface area (Å²) in [5.41, 5.74) is 1.73. The number of urea groups is 1. The van der Waals surface area contributed by atoms with Crippen molar-refractivity contribution in [3.05, 3.63) is 29.8 Å². The molecule has 5 nitrogen and oxygen atoms in total. The Morgan fingerprint density at radius 1 is 1.10 bits per heavy atom. The van der Waals surface area contributed by atoms with Gasteiger partial charge in [0.05, 0.1) is 0 Å². The Hall–Kier alpha value is -2.04. The summed E-state index contributed by atoms with van der Waals surface area (Å²) >= 11 is 0. The third-order valence-electron chi connectivity index (χ3n) is 3.16. The summed E-state index contributed by atoms with van der Waals surface area (Å²) in [6.45, 7) is 8.22. The van der Waals surface area contributed by atoms with Crippen LogP contribution < -0.4 is 16.0 Å². The number of carbonyl (C=O) groups excluding carboxylic acids is 2. The highest BCUT2D eigenvalue weighted by molar-refractivity contribution is 5.89. The highest BCUT2D eigenvalue weighted by atomic mass is 16.2. The van der Waals surface area contributed by atoms with Crippen LogP contribution in [-0.2, 0) is 11.3 Å². The number of hydrogen-bond donors (Lipinski definition) is 3. The zero-order valence-electron chi connectivity index (χ0n) is 13.2. The molecule has 0 fully saturated rings. The Morgan fingerprint density at radius 2 is 1.71 bits per heavy atom. The topological polar surface area (TPSA) is 70.2 Å². The van der Waals surface area contributed by atoms with Crippen molar-refractivity contribution in [3.63, 3.8) is 0 Å². The largest absolute Gasteiger partial charge is 0.352 e. The zero-order valence-corrected chi connectivity index (χ0v) is 13.2. The molecule has 5 heteroatoms. The Morgan fingerprint density at radius 3 is 2.24 bits per heavy atom. The van der Waals surface area contributed by atoms with Crippen LogP contribution in [0.25, 0.3) is 0 Å². The third-order valence-corrected chi connectivity index (χ3v) is 3.16. The molecular weight excluding hydrogens is 266 g/mol. The first kappa shape index (κ1) is 17.0. The first-order valence-corrected chi connectivity index (χ1v) is 7.36. The van der Waals surface area contributed by atoms with Gasteiger partial charge in [-0.15, -0.1) is 0 Å². The standard InChI is InChI=1S/C16H25N3O2/c1-5-12(4)15(20)17-10-13-6-8-14(9-7-13)19-16(21)18-11(2)3/h6-9,11-12H,5,10H2,1-4H3,(H,17,20)(H2,18,19,21). The van der Waals surface area contributed by atoms with E-state index in [0.717, 1.165) is 17.7 Å². The Balaban J connectivity index is 2.47. The fourth-order valence-electron chi connectivity index (χ4n) is 1.68. The summed E-state index contributed by atoms with van der Waals surface area (Å²) < 4.78 is 0. The van der Waals surface area contributed by atoms with Gasteiger partial charge in [0.15, 0.2) is 0 Å². The first-order chi connectivity index (χ1) is 9.92. The van der Waals surface area contributed by atoms with Gasteiger partial charge in [0.1, 0.15) is 0 Å². The molecule has 1 unspecified atom stereocenters. The maximum atomic E-state index is 11.7. The van der Waals surface area contributed by atoms with Crippen LogP contribution in [0.3, 0.4) is 0 Å². The van der Waals surface area contributed by atoms with Gasteiger partial charge in [0.2, 0.25) is 5.91 Å². The minimum atomic E-state index is -0.220. The molecule has 1 rings (SSSR count). The predicted octanol–water partition coefficient (Wildman–Crippen LogP) is 2.88. The summed E-state index contributed by atoms with van der Waals surface area (Å²) in [5, 5.41) is 8.41. The monoisotopic (exact) mass is 291 g/mol. The van der Waals surface area contributed by atoms with E-state index in [1.807, 2.05) is 52.0 Å². The van der Waals surface area contributed by atoms with Crippen molar-refractivity contribution < 1.29 is 9.59 Å². The molecule has 0 saturated carbocycles. The van der Waals surface area contributed by atoms with E-state index in [0.29, 0.717) is 6.54 Å². The van der Waals surface area contributed by atoms with Crippen molar-refractivity contribution in [1.29, 1.82) is 0 Å². The molecule has 0 bridgehead atoms. The maximum absolute atomic E-state index is 11.7. The molecule has 0 spiro atoms. The van der Waals surface area contributed by atoms with E-state index in [1.54, 1.807) is 0 Å². The van der Waals surface area contributed by atoms with Gasteiger partial charge in [-0.3, -0.25) is 4.79 Å². The lowest BCUT2D eigenvalue weighted by atomic mass is 10.1. The summed E-state index contributed by atoms with van der Waals surface area (Å²) in [7, 11) is 0. The number of amides is 3. The van der Waals surface area contributed by atoms with Crippen LogP contribution in [0.4, 0.5) is 10.5 Å². The Kier molecular flexibility index (Phi) is 6.72. The second kappa shape index (κ2) is 8.29. The van der Waals surface area contributed by atoms with Crippen molar-refractivity contribution in [2.24, 2.45) is 5.92 Å². The van der Waals surface area contributed by atoms with E-state index in [4.69, 9.17) is 0 Å². The van der Waals surface area contributed by atoms with Gasteiger partial charge >= 0.3 is 6.03 Å². The predicted molar refractivity (Wildman–Crippen MR) is 85.0 cm³/mol. The van der Waals surface area contributed by atoms with Crippen LogP contribution in [0.5, 0.6) is 0 Å². The summed E-state index contributed by atoms with van der Waals surface area (Å²) in [6, 6.07) is 7.31. The number of hydrogen-bond acceptors (Lipinski definition) is 2. The SMILES string of the molecule is CCC(C)C(=O)NCc1ccc(NC(=O)NC(C)C)cc1. The van der Waals surface area contributed by atoms with Gasteiger partial charge in [0.25, 0.3) is 0 Å². The van der Waals surface area contributed by atoms with E-state index in [2.05, 4.69) is 16.0 Å². The molecule has 0 heterocycles. The van der Waals surface area contributed by atoms with Crippen molar-refractivity contribution in [2.75, 3.05) is 5.32 Å². The van der Waals surface area contributed by atoms with Gasteiger partial charge in [-0.1, -0.05) is 26.0 Å². The van der Waals surface area contributed by atoms with Crippen LogP contribution in [0.15, 0.2) is 24.3 Å². The van der Waals surface area contributed by atoms with E-state index in [1.165, 1.54) is 0 Å². The molecule has 0 aliphatic rings. The molecule has 1 atom stereocenters. The lowest BCUT2D eigenvalue weighted by Gasteiger charge is -2.12. The number of carbonyl (C=O) groups is 2. The minimum absolute atomic E-state index is 0.0330. The average molecular weight is 291 g/mol. The number of anilines is 1. The number of benzene rings is 1. The van der Waals surface area contributed by atoms with Crippen LogP contribution >= 0.6 is 0 Å². The number of nitrogens with one attached hydrogen (secondary N) is 3. The summed E-state index contributed by atoms with van der Waals surface area (Å²) in [5.74, 6) is 0.0988. The molecule has 3 N–H and O–H groups in total. The normalized spacial score (nSPS) is 11.9. The van der Waals surface area contributed by atoms with Crippen molar-refractivity contribution >= 4 is 17.6 Å². The molecule has 1 aromatic rings. The van der Waals surface area contributed by atoms with Crippen molar-refractivity contribution in [2.45, 2.75) is 46.7 Å². The molecule has 0 aliphatic carbocycles. The molecule has 116 valence electrons. The third kappa shape index (κ3) is 6.29. The second-order valence-corrected chi connectivity index (χ2v) is 5.48. The van der Waals surface area contributed by atoms with Gasteiger partial charge < -0.3 is 16.0 Å². The highest BCUT2D eigenvalue weighted by Gasteiger charge is 2.09. The molecular formula is C16H25N3O2. The Bertz CT molecular complexity index is 469. The van der Waals surface area contributed by atoms with Gasteiger partial charge in [-0.05, 0) is 38.0 Å². The van der Waals surface area contributed by atoms with Gasteiger partial charge in [-0.2, -0.15) is 0 Å². The minimum Gasteiger partial charge on any atom is -0.352 e. The van der Waals surface area contributed by atoms with E-state index < -0.39 is 0 Å². The summed E-state index contributed by atoms with van der Waals surface area (Å²) in [6.07, 6.45) is 0.833. The summed E-state index contributed by atoms with van der Waals surface area (Å²) in [4.78, 5) is 23.2. The van der Waals surface area contributed by atoms with E-state index >= 15 is 0 Å². The van der Waals surface area contributed by atoms with E-state index in [-0.39, 0.29) is 23.9 Å². The lowest BCUT2D eigenvalue weighted by Crippen LogP contribution is -2.34. The van der Waals surface area contributed by atoms with Gasteiger partial charge in [-0.25, -0.2) is 4.79 Å². The van der Waals surface area contributed by atoms with Crippen LogP contribution in [0.2, 0.25) is 0 Å². The van der Waals surface area contributed by atoms with Crippen LogP contribution in [0, 0.1) is 5.92 Å². The molecule has 0 radical (unpaired) electrons. The number of rotatable bonds is 6. The van der Waals surface area contributed by atoms with Crippen LogP contribution in [0.1, 0.15) is 39.7 Å². The lowest BCUT2D eigenvalue weighted by molar-refractivity contribution is -0.124. The molecule has 0 aliphatic heterocycles. The molecule has 1 aromatic carbocycles. The van der Waals surface area contributed by atoms with Gasteiger partial charge in [0, 0.05) is 24.2 Å². The zero-order chi connectivity index (χ0) is 15.8. The fraction of sp³-hybridized carbons (Fsp3) is 0.500. The first-order valence-electron chi connectivity index (χ1n) is 7.36. The molecule has 3 amide bonds. The maximum Gasteiger partial charge on any atom is 0.319 e. The second-order valence-electron chi connectivity index (χ2n) is 5.48. The quantitative estimate of drug-likeness (QED) is 0.754. The smallest absolute Gasteiger partial charge is 0.319 e. The molecule has 21 heavy (non-hydrogen) atoms. The fourth-order valence-corrected chi connectivity index (χ4v) is 1.68. The average Bonchev–Trinajstić information content (AvgIpc) is 2.44. The Labute approximate surface area is 126 Å². The molecule has 0 saturated heterocycles.